The summed E-state index contributed by atoms with van der Waals surface area (Å²) in [5.41, 5.74) is 0.949. The number of rotatable bonds is 5. The lowest BCUT2D eigenvalue weighted by Crippen LogP contribution is -2.38. The minimum atomic E-state index is -0.878. The van der Waals surface area contributed by atoms with Crippen molar-refractivity contribution in [1.29, 1.82) is 0 Å². The van der Waals surface area contributed by atoms with E-state index in [9.17, 15) is 15.0 Å². The number of carboxylic acids is 1. The Morgan fingerprint density at radius 1 is 1.29 bits per heavy atom. The van der Waals surface area contributed by atoms with Crippen molar-refractivity contribution in [1.82, 2.24) is 0 Å². The average molecular weight is 286 g/mol. The van der Waals surface area contributed by atoms with E-state index in [2.05, 4.69) is 6.58 Å². The van der Waals surface area contributed by atoms with E-state index in [-0.39, 0.29) is 6.10 Å². The zero-order chi connectivity index (χ0) is 15.3. The van der Waals surface area contributed by atoms with Crippen molar-refractivity contribution in [2.24, 2.45) is 0 Å². The van der Waals surface area contributed by atoms with E-state index in [1.165, 1.54) is 0 Å². The van der Waals surface area contributed by atoms with Crippen molar-refractivity contribution >= 4 is 5.97 Å². The van der Waals surface area contributed by atoms with Crippen molar-refractivity contribution in [3.05, 3.63) is 60.2 Å². The third-order valence-corrected chi connectivity index (χ3v) is 4.37. The zero-order valence-electron chi connectivity index (χ0n) is 12.2. The van der Waals surface area contributed by atoms with Crippen LogP contribution in [0.2, 0.25) is 0 Å². The van der Waals surface area contributed by atoms with Gasteiger partial charge in [-0.15, -0.1) is 6.58 Å². The molecular weight excluding hydrogens is 264 g/mol. The number of allylic oxidation sites excluding steroid dienone is 2. The Bertz CT molecular complexity index is 523. The molecule has 1 aromatic carbocycles. The fraction of sp³-hybridized carbons (Fsp3) is 0.389. The minimum Gasteiger partial charge on any atom is -0.478 e. The van der Waals surface area contributed by atoms with E-state index >= 15 is 0 Å². The number of hydrogen-bond acceptors (Lipinski definition) is 2. The molecule has 21 heavy (non-hydrogen) atoms. The summed E-state index contributed by atoms with van der Waals surface area (Å²) in [6, 6.07) is 9.79. The molecule has 0 aliphatic heterocycles. The van der Waals surface area contributed by atoms with Gasteiger partial charge in [0.05, 0.1) is 6.10 Å². The standard InChI is InChI=1S/C18H22O3/c1-2-3-9-16(17(20)21)18(12-10-15(19)11-13-18)14-7-5-4-6-8-14/h2,4-9,15,19H,1,3,10-13H2,(H,20,21). The quantitative estimate of drug-likeness (QED) is 0.644. The van der Waals surface area contributed by atoms with Gasteiger partial charge < -0.3 is 10.2 Å². The lowest BCUT2D eigenvalue weighted by atomic mass is 9.64. The molecule has 0 atom stereocenters. The second-order valence-electron chi connectivity index (χ2n) is 5.63. The lowest BCUT2D eigenvalue weighted by Gasteiger charge is -2.40. The van der Waals surface area contributed by atoms with Gasteiger partial charge in [0.2, 0.25) is 0 Å². The first-order chi connectivity index (χ1) is 10.1. The molecule has 1 aromatic rings. The summed E-state index contributed by atoms with van der Waals surface area (Å²) in [6.45, 7) is 3.67. The fourth-order valence-corrected chi connectivity index (χ4v) is 3.25. The van der Waals surface area contributed by atoms with Crippen molar-refractivity contribution in [2.75, 3.05) is 0 Å². The van der Waals surface area contributed by atoms with Gasteiger partial charge in [-0.3, -0.25) is 0 Å². The third kappa shape index (κ3) is 3.24. The molecule has 0 radical (unpaired) electrons. The van der Waals surface area contributed by atoms with E-state index in [1.807, 2.05) is 30.3 Å². The Kier molecular flexibility index (Phi) is 4.97. The summed E-state index contributed by atoms with van der Waals surface area (Å²) in [5.74, 6) is -0.878. The molecule has 0 spiro atoms. The normalized spacial score (nSPS) is 26.3. The number of aliphatic carboxylic acids is 1. The highest BCUT2D eigenvalue weighted by Gasteiger charge is 2.42. The zero-order valence-corrected chi connectivity index (χ0v) is 12.2. The molecule has 0 aromatic heterocycles. The molecule has 2 rings (SSSR count). The Morgan fingerprint density at radius 3 is 2.43 bits per heavy atom. The molecule has 0 heterocycles. The highest BCUT2D eigenvalue weighted by atomic mass is 16.4. The molecule has 1 fully saturated rings. The Balaban J connectivity index is 2.49. The van der Waals surface area contributed by atoms with Crippen LogP contribution in [0.1, 0.15) is 37.7 Å². The maximum atomic E-state index is 11.8. The van der Waals surface area contributed by atoms with Gasteiger partial charge in [-0.25, -0.2) is 4.79 Å². The van der Waals surface area contributed by atoms with Crippen LogP contribution in [0, 0.1) is 0 Å². The second kappa shape index (κ2) is 6.72. The number of carbonyl (C=O) groups is 1. The smallest absolute Gasteiger partial charge is 0.332 e. The molecule has 2 N–H and O–H groups in total. The summed E-state index contributed by atoms with van der Waals surface area (Å²) in [4.78, 5) is 11.8. The fourth-order valence-electron chi connectivity index (χ4n) is 3.25. The van der Waals surface area contributed by atoms with Crippen LogP contribution in [0.4, 0.5) is 0 Å². The Morgan fingerprint density at radius 2 is 1.90 bits per heavy atom. The molecule has 3 heteroatoms. The first-order valence-electron chi connectivity index (χ1n) is 7.38. The van der Waals surface area contributed by atoms with Crippen LogP contribution in [-0.2, 0) is 10.2 Å². The number of carboxylic acid groups (broad SMARTS) is 1. The molecule has 1 saturated carbocycles. The summed E-state index contributed by atoms with van der Waals surface area (Å²) in [5, 5.41) is 19.5. The van der Waals surface area contributed by atoms with Crippen LogP contribution in [-0.4, -0.2) is 22.3 Å². The molecule has 1 aliphatic rings. The van der Waals surface area contributed by atoms with Crippen LogP contribution in [0.5, 0.6) is 0 Å². The van der Waals surface area contributed by atoms with E-state index < -0.39 is 11.4 Å². The van der Waals surface area contributed by atoms with Crippen LogP contribution in [0.3, 0.4) is 0 Å². The molecule has 3 nitrogen and oxygen atoms in total. The summed E-state index contributed by atoms with van der Waals surface area (Å²) >= 11 is 0. The first kappa shape index (κ1) is 15.5. The van der Waals surface area contributed by atoms with E-state index in [0.29, 0.717) is 37.7 Å². The molecule has 0 bridgehead atoms. The highest BCUT2D eigenvalue weighted by Crippen LogP contribution is 2.45. The summed E-state index contributed by atoms with van der Waals surface area (Å²) in [7, 11) is 0. The first-order valence-corrected chi connectivity index (χ1v) is 7.38. The van der Waals surface area contributed by atoms with Gasteiger partial charge in [0.15, 0.2) is 0 Å². The SMILES string of the molecule is C=CCC=C(C(=O)O)C1(c2ccccc2)CCC(O)CC1. The van der Waals surface area contributed by atoms with E-state index in [4.69, 9.17) is 0 Å². The minimum absolute atomic E-state index is 0.323. The Hall–Kier alpha value is -1.87. The predicted molar refractivity (Wildman–Crippen MR) is 83.1 cm³/mol. The molecule has 0 amide bonds. The molecule has 1 aliphatic carbocycles. The van der Waals surface area contributed by atoms with Gasteiger partial charge in [-0.1, -0.05) is 42.5 Å². The average Bonchev–Trinajstić information content (AvgIpc) is 2.50. The lowest BCUT2D eigenvalue weighted by molar-refractivity contribution is -0.133. The van der Waals surface area contributed by atoms with Crippen molar-refractivity contribution < 1.29 is 15.0 Å². The monoisotopic (exact) mass is 286 g/mol. The van der Waals surface area contributed by atoms with E-state index in [0.717, 1.165) is 5.56 Å². The summed E-state index contributed by atoms with van der Waals surface area (Å²) in [6.07, 6.45) is 6.27. The largest absolute Gasteiger partial charge is 0.478 e. The highest BCUT2D eigenvalue weighted by molar-refractivity contribution is 5.90. The summed E-state index contributed by atoms with van der Waals surface area (Å²) < 4.78 is 0. The molecule has 112 valence electrons. The van der Waals surface area contributed by atoms with Crippen LogP contribution < -0.4 is 0 Å². The van der Waals surface area contributed by atoms with Crippen molar-refractivity contribution in [2.45, 2.75) is 43.6 Å². The van der Waals surface area contributed by atoms with Crippen LogP contribution in [0.15, 0.2) is 54.6 Å². The van der Waals surface area contributed by atoms with Gasteiger partial charge in [0.1, 0.15) is 0 Å². The number of hydrogen-bond donors (Lipinski definition) is 2. The van der Waals surface area contributed by atoms with Gasteiger partial charge in [-0.2, -0.15) is 0 Å². The number of aliphatic hydroxyl groups excluding tert-OH is 1. The maximum Gasteiger partial charge on any atom is 0.332 e. The third-order valence-electron chi connectivity index (χ3n) is 4.37. The van der Waals surface area contributed by atoms with E-state index in [1.54, 1.807) is 12.2 Å². The van der Waals surface area contributed by atoms with Gasteiger partial charge >= 0.3 is 5.97 Å². The van der Waals surface area contributed by atoms with Crippen molar-refractivity contribution in [3.63, 3.8) is 0 Å². The maximum absolute atomic E-state index is 11.8. The van der Waals surface area contributed by atoms with Gasteiger partial charge in [-0.05, 0) is 37.7 Å². The molecule has 0 saturated heterocycles. The van der Waals surface area contributed by atoms with Crippen LogP contribution in [0.25, 0.3) is 0 Å². The second-order valence-corrected chi connectivity index (χ2v) is 5.63. The predicted octanol–water partition coefficient (Wildman–Crippen LogP) is 3.45. The molecule has 0 unspecified atom stereocenters. The molecular formula is C18H22O3. The van der Waals surface area contributed by atoms with Crippen LogP contribution >= 0.6 is 0 Å². The van der Waals surface area contributed by atoms with Crippen molar-refractivity contribution in [3.8, 4) is 0 Å². The Labute approximate surface area is 125 Å². The number of aliphatic hydroxyl groups is 1. The van der Waals surface area contributed by atoms with Gasteiger partial charge in [0.25, 0.3) is 0 Å². The topological polar surface area (TPSA) is 57.5 Å². The van der Waals surface area contributed by atoms with Gasteiger partial charge in [0, 0.05) is 11.0 Å². The number of benzene rings is 1.